The van der Waals surface area contributed by atoms with Crippen LogP contribution in [0.4, 0.5) is 0 Å². The second-order valence-corrected chi connectivity index (χ2v) is 5.33. The van der Waals surface area contributed by atoms with Gasteiger partial charge in [-0.3, -0.25) is 4.98 Å². The molecule has 2 heteroatoms. The first kappa shape index (κ1) is 12.2. The lowest BCUT2D eigenvalue weighted by atomic mass is 10.2. The summed E-state index contributed by atoms with van der Waals surface area (Å²) in [4.78, 5) is 5.71. The summed E-state index contributed by atoms with van der Waals surface area (Å²) in [6.45, 7) is 4.31. The van der Waals surface area contributed by atoms with Crippen LogP contribution in [-0.2, 0) is 6.42 Å². The molecule has 0 atom stereocenters. The minimum Gasteiger partial charge on any atom is -0.261 e. The van der Waals surface area contributed by atoms with E-state index in [9.17, 15) is 0 Å². The van der Waals surface area contributed by atoms with Crippen molar-refractivity contribution in [3.63, 3.8) is 0 Å². The molecule has 0 amide bonds. The summed E-state index contributed by atoms with van der Waals surface area (Å²) in [6, 6.07) is 12.7. The number of nitrogens with zero attached hydrogens (tertiary/aromatic N) is 1. The van der Waals surface area contributed by atoms with Gasteiger partial charge in [0.25, 0.3) is 0 Å². The molecule has 0 unspecified atom stereocenters. The summed E-state index contributed by atoms with van der Waals surface area (Å²) in [5.41, 5.74) is 3.87. The zero-order valence-corrected chi connectivity index (χ0v) is 11.1. The number of hydrogen-bond acceptors (Lipinski definition) is 2. The zero-order chi connectivity index (χ0) is 12.1. The van der Waals surface area contributed by atoms with Gasteiger partial charge in [-0.15, -0.1) is 11.8 Å². The molecular formula is C15H17NS. The lowest BCUT2D eigenvalue weighted by molar-refractivity contribution is 1.04. The number of rotatable bonds is 4. The predicted octanol–water partition coefficient (Wildman–Crippen LogP) is 4.03. The average Bonchev–Trinajstić information content (AvgIpc) is 2.33. The van der Waals surface area contributed by atoms with Gasteiger partial charge >= 0.3 is 0 Å². The highest BCUT2D eigenvalue weighted by Crippen LogP contribution is 2.23. The topological polar surface area (TPSA) is 12.9 Å². The molecule has 0 spiro atoms. The van der Waals surface area contributed by atoms with E-state index in [0.717, 1.165) is 12.2 Å². The van der Waals surface area contributed by atoms with Crippen molar-refractivity contribution in [3.8, 4) is 0 Å². The van der Waals surface area contributed by atoms with Crippen LogP contribution in [0.25, 0.3) is 0 Å². The number of thioether (sulfide) groups is 1. The Morgan fingerprint density at radius 2 is 2.00 bits per heavy atom. The normalized spacial score (nSPS) is 10.5. The third kappa shape index (κ3) is 3.60. The van der Waals surface area contributed by atoms with Crippen molar-refractivity contribution in [2.45, 2.75) is 25.2 Å². The Bertz CT molecular complexity index is 480. The van der Waals surface area contributed by atoms with Crippen LogP contribution in [0.3, 0.4) is 0 Å². The van der Waals surface area contributed by atoms with Crippen molar-refractivity contribution in [1.82, 2.24) is 4.98 Å². The first-order valence-corrected chi connectivity index (χ1v) is 6.84. The molecule has 0 bridgehead atoms. The van der Waals surface area contributed by atoms with Gasteiger partial charge in [0.1, 0.15) is 0 Å². The molecule has 17 heavy (non-hydrogen) atoms. The van der Waals surface area contributed by atoms with E-state index in [1.54, 1.807) is 0 Å². The fraction of sp³-hybridized carbons (Fsp3) is 0.267. The maximum atomic E-state index is 4.33. The quantitative estimate of drug-likeness (QED) is 0.752. The van der Waals surface area contributed by atoms with Crippen LogP contribution in [-0.4, -0.2) is 10.7 Å². The Labute approximate surface area is 107 Å². The smallest absolute Gasteiger partial charge is 0.0411 e. The monoisotopic (exact) mass is 243 g/mol. The van der Waals surface area contributed by atoms with Gasteiger partial charge in [-0.1, -0.05) is 23.8 Å². The van der Waals surface area contributed by atoms with E-state index >= 15 is 0 Å². The molecule has 88 valence electrons. The summed E-state index contributed by atoms with van der Waals surface area (Å²) >= 11 is 1.91. The Kier molecular flexibility index (Phi) is 4.21. The molecule has 2 rings (SSSR count). The van der Waals surface area contributed by atoms with Gasteiger partial charge in [-0.2, -0.15) is 0 Å². The van der Waals surface area contributed by atoms with E-state index in [1.807, 2.05) is 30.1 Å². The Hall–Kier alpha value is -1.28. The molecule has 0 saturated carbocycles. The molecule has 1 aromatic heterocycles. The molecule has 0 aliphatic carbocycles. The van der Waals surface area contributed by atoms with Crippen molar-refractivity contribution in [2.24, 2.45) is 0 Å². The molecule has 1 heterocycles. The second-order valence-electron chi connectivity index (χ2n) is 4.19. The molecule has 1 nitrogen and oxygen atoms in total. The fourth-order valence-corrected chi connectivity index (χ4v) is 2.75. The molecule has 0 aliphatic heterocycles. The Morgan fingerprint density at radius 3 is 2.71 bits per heavy atom. The van der Waals surface area contributed by atoms with E-state index in [0.29, 0.717) is 0 Å². The van der Waals surface area contributed by atoms with Crippen LogP contribution in [0.1, 0.15) is 16.8 Å². The number of aromatic nitrogens is 1. The van der Waals surface area contributed by atoms with Crippen LogP contribution < -0.4 is 0 Å². The zero-order valence-electron chi connectivity index (χ0n) is 10.3. The van der Waals surface area contributed by atoms with Crippen LogP contribution in [0, 0.1) is 13.8 Å². The van der Waals surface area contributed by atoms with Gasteiger partial charge in [0, 0.05) is 22.5 Å². The number of aryl methyl sites for hydroxylation is 3. The van der Waals surface area contributed by atoms with Crippen molar-refractivity contribution >= 4 is 11.8 Å². The predicted molar refractivity (Wildman–Crippen MR) is 74.6 cm³/mol. The number of hydrogen-bond donors (Lipinski definition) is 0. The van der Waals surface area contributed by atoms with Crippen LogP contribution in [0.2, 0.25) is 0 Å². The molecule has 2 aromatic rings. The van der Waals surface area contributed by atoms with Crippen LogP contribution in [0.5, 0.6) is 0 Å². The van der Waals surface area contributed by atoms with Gasteiger partial charge in [0.05, 0.1) is 0 Å². The van der Waals surface area contributed by atoms with Crippen LogP contribution >= 0.6 is 11.8 Å². The third-order valence-corrected chi connectivity index (χ3v) is 3.85. The first-order valence-electron chi connectivity index (χ1n) is 5.85. The van der Waals surface area contributed by atoms with E-state index in [4.69, 9.17) is 0 Å². The maximum absolute atomic E-state index is 4.33. The molecule has 0 radical (unpaired) electrons. The standard InChI is InChI=1S/C15H17NS/c1-12-6-7-15(13(2)11-12)17-10-8-14-5-3-4-9-16-14/h3-7,9,11H,8,10H2,1-2H3. The SMILES string of the molecule is Cc1ccc(SCCc2ccccn2)c(C)c1. The van der Waals surface area contributed by atoms with Crippen molar-refractivity contribution in [2.75, 3.05) is 5.75 Å². The summed E-state index contributed by atoms with van der Waals surface area (Å²) in [5, 5.41) is 0. The minimum absolute atomic E-state index is 1.03. The molecule has 0 saturated heterocycles. The van der Waals surface area contributed by atoms with Gasteiger partial charge in [-0.25, -0.2) is 0 Å². The molecule has 1 aromatic carbocycles. The Balaban J connectivity index is 1.90. The summed E-state index contributed by atoms with van der Waals surface area (Å²) in [5.74, 6) is 1.08. The van der Waals surface area contributed by atoms with Gasteiger partial charge in [0.15, 0.2) is 0 Å². The lowest BCUT2D eigenvalue weighted by Gasteiger charge is -2.06. The highest BCUT2D eigenvalue weighted by molar-refractivity contribution is 7.99. The highest BCUT2D eigenvalue weighted by Gasteiger charge is 2.00. The van der Waals surface area contributed by atoms with E-state index in [-0.39, 0.29) is 0 Å². The lowest BCUT2D eigenvalue weighted by Crippen LogP contribution is -1.92. The second kappa shape index (κ2) is 5.87. The van der Waals surface area contributed by atoms with Gasteiger partial charge < -0.3 is 0 Å². The molecule has 0 fully saturated rings. The minimum atomic E-state index is 1.03. The Morgan fingerprint density at radius 1 is 1.12 bits per heavy atom. The third-order valence-electron chi connectivity index (χ3n) is 2.67. The highest BCUT2D eigenvalue weighted by atomic mass is 32.2. The fourth-order valence-electron chi connectivity index (χ4n) is 1.77. The van der Waals surface area contributed by atoms with Gasteiger partial charge in [0.2, 0.25) is 0 Å². The van der Waals surface area contributed by atoms with E-state index < -0.39 is 0 Å². The van der Waals surface area contributed by atoms with Crippen molar-refractivity contribution in [3.05, 3.63) is 59.4 Å². The van der Waals surface area contributed by atoms with Crippen molar-refractivity contribution in [1.29, 1.82) is 0 Å². The van der Waals surface area contributed by atoms with Gasteiger partial charge in [-0.05, 0) is 44.0 Å². The summed E-state index contributed by atoms with van der Waals surface area (Å²) in [6.07, 6.45) is 2.88. The average molecular weight is 243 g/mol. The number of benzene rings is 1. The van der Waals surface area contributed by atoms with E-state index in [1.165, 1.54) is 21.7 Å². The summed E-state index contributed by atoms with van der Waals surface area (Å²) < 4.78 is 0. The summed E-state index contributed by atoms with van der Waals surface area (Å²) in [7, 11) is 0. The molecule has 0 N–H and O–H groups in total. The maximum Gasteiger partial charge on any atom is 0.0411 e. The van der Waals surface area contributed by atoms with Crippen molar-refractivity contribution < 1.29 is 0 Å². The molecule has 0 aliphatic rings. The molecular weight excluding hydrogens is 226 g/mol. The largest absolute Gasteiger partial charge is 0.261 e. The first-order chi connectivity index (χ1) is 8.25. The van der Waals surface area contributed by atoms with Crippen LogP contribution in [0.15, 0.2) is 47.5 Å². The number of pyridine rings is 1. The van der Waals surface area contributed by atoms with E-state index in [2.05, 4.69) is 43.1 Å².